The second-order valence-corrected chi connectivity index (χ2v) is 6.57. The van der Waals surface area contributed by atoms with Crippen molar-refractivity contribution in [3.05, 3.63) is 35.7 Å². The van der Waals surface area contributed by atoms with Gasteiger partial charge in [0, 0.05) is 18.0 Å². The Morgan fingerprint density at radius 2 is 1.92 bits per heavy atom. The zero-order valence-electron chi connectivity index (χ0n) is 14.5. The van der Waals surface area contributed by atoms with Gasteiger partial charge in [-0.2, -0.15) is 4.98 Å². The summed E-state index contributed by atoms with van der Waals surface area (Å²) in [5, 5.41) is 4.05. The molecule has 0 aliphatic heterocycles. The van der Waals surface area contributed by atoms with Crippen LogP contribution in [0.1, 0.15) is 50.5 Å². The molecule has 0 atom stereocenters. The summed E-state index contributed by atoms with van der Waals surface area (Å²) in [6, 6.07) is 8.01. The maximum atomic E-state index is 12.7. The molecule has 3 rings (SSSR count). The van der Waals surface area contributed by atoms with Crippen molar-refractivity contribution in [1.29, 1.82) is 0 Å². The van der Waals surface area contributed by atoms with E-state index in [9.17, 15) is 4.79 Å². The molecular weight excluding hydrogens is 302 g/mol. The number of aryl methyl sites for hydroxylation is 1. The highest BCUT2D eigenvalue weighted by atomic mass is 16.5. The van der Waals surface area contributed by atoms with Crippen LogP contribution in [-0.2, 0) is 11.3 Å². The third-order valence-electron chi connectivity index (χ3n) is 4.75. The molecule has 1 heterocycles. The molecule has 1 amide bonds. The summed E-state index contributed by atoms with van der Waals surface area (Å²) in [4.78, 5) is 19.0. The first kappa shape index (κ1) is 16.7. The number of rotatable bonds is 5. The van der Waals surface area contributed by atoms with Gasteiger partial charge in [-0.1, -0.05) is 54.2 Å². The van der Waals surface area contributed by atoms with Crippen molar-refractivity contribution in [3.63, 3.8) is 0 Å². The van der Waals surface area contributed by atoms with Crippen LogP contribution in [0.3, 0.4) is 0 Å². The second-order valence-electron chi connectivity index (χ2n) is 6.57. The van der Waals surface area contributed by atoms with Gasteiger partial charge in [0.15, 0.2) is 0 Å². The van der Waals surface area contributed by atoms with Gasteiger partial charge < -0.3 is 9.42 Å². The van der Waals surface area contributed by atoms with Crippen molar-refractivity contribution in [1.82, 2.24) is 15.0 Å². The standard InChI is InChI=1S/C19H25N3O2/c1-3-22(19(23)16-7-5-4-6-8-16)13-17-20-18(21-24-17)15-11-9-14(2)10-12-15/h9-12,16H,3-8,13H2,1-2H3. The molecule has 24 heavy (non-hydrogen) atoms. The minimum atomic E-state index is 0.165. The maximum absolute atomic E-state index is 12.7. The minimum Gasteiger partial charge on any atom is -0.337 e. The van der Waals surface area contributed by atoms with Gasteiger partial charge in [0.2, 0.25) is 17.6 Å². The van der Waals surface area contributed by atoms with Gasteiger partial charge in [-0.15, -0.1) is 0 Å². The van der Waals surface area contributed by atoms with Crippen molar-refractivity contribution < 1.29 is 9.32 Å². The number of nitrogens with zero attached hydrogens (tertiary/aromatic N) is 3. The molecule has 1 aromatic heterocycles. The topological polar surface area (TPSA) is 59.2 Å². The Kier molecular flexibility index (Phi) is 5.28. The molecule has 1 fully saturated rings. The quantitative estimate of drug-likeness (QED) is 0.833. The molecule has 1 saturated carbocycles. The van der Waals surface area contributed by atoms with Crippen LogP contribution in [0, 0.1) is 12.8 Å². The number of carbonyl (C=O) groups excluding carboxylic acids is 1. The van der Waals surface area contributed by atoms with E-state index in [4.69, 9.17) is 4.52 Å². The van der Waals surface area contributed by atoms with Gasteiger partial charge in [-0.25, -0.2) is 0 Å². The number of aromatic nitrogens is 2. The number of hydrogen-bond donors (Lipinski definition) is 0. The molecule has 0 saturated heterocycles. The van der Waals surface area contributed by atoms with E-state index in [2.05, 4.69) is 10.1 Å². The third kappa shape index (κ3) is 3.83. The number of amides is 1. The van der Waals surface area contributed by atoms with Crippen LogP contribution in [0.5, 0.6) is 0 Å². The van der Waals surface area contributed by atoms with E-state index in [1.807, 2.05) is 43.0 Å². The number of carbonyl (C=O) groups is 1. The summed E-state index contributed by atoms with van der Waals surface area (Å²) in [5.74, 6) is 1.47. The maximum Gasteiger partial charge on any atom is 0.246 e. The number of benzene rings is 1. The molecule has 0 radical (unpaired) electrons. The largest absolute Gasteiger partial charge is 0.337 e. The highest BCUT2D eigenvalue weighted by Crippen LogP contribution is 2.26. The van der Waals surface area contributed by atoms with Crippen LogP contribution in [-0.4, -0.2) is 27.5 Å². The first-order valence-electron chi connectivity index (χ1n) is 8.85. The van der Waals surface area contributed by atoms with Crippen LogP contribution in [0.25, 0.3) is 11.4 Å². The summed E-state index contributed by atoms with van der Waals surface area (Å²) in [5.41, 5.74) is 2.12. The van der Waals surface area contributed by atoms with Crippen LogP contribution in [0.2, 0.25) is 0 Å². The van der Waals surface area contributed by atoms with E-state index >= 15 is 0 Å². The van der Waals surface area contributed by atoms with Crippen LogP contribution < -0.4 is 0 Å². The van der Waals surface area contributed by atoms with Crippen LogP contribution >= 0.6 is 0 Å². The molecule has 0 spiro atoms. The molecule has 1 aromatic carbocycles. The van der Waals surface area contributed by atoms with Crippen molar-refractivity contribution in [3.8, 4) is 11.4 Å². The van der Waals surface area contributed by atoms with E-state index < -0.39 is 0 Å². The Hall–Kier alpha value is -2.17. The Bertz CT molecular complexity index is 672. The lowest BCUT2D eigenvalue weighted by Crippen LogP contribution is -2.36. The SMILES string of the molecule is CCN(Cc1nc(-c2ccc(C)cc2)no1)C(=O)C1CCCCC1. The van der Waals surface area contributed by atoms with E-state index in [0.29, 0.717) is 24.8 Å². The highest BCUT2D eigenvalue weighted by Gasteiger charge is 2.26. The van der Waals surface area contributed by atoms with E-state index in [-0.39, 0.29) is 11.8 Å². The van der Waals surface area contributed by atoms with Crippen molar-refractivity contribution in [2.75, 3.05) is 6.54 Å². The fourth-order valence-corrected chi connectivity index (χ4v) is 3.26. The van der Waals surface area contributed by atoms with Gasteiger partial charge in [0.05, 0.1) is 6.54 Å². The summed E-state index contributed by atoms with van der Waals surface area (Å²) < 4.78 is 5.36. The number of hydrogen-bond acceptors (Lipinski definition) is 4. The Balaban J connectivity index is 1.67. The van der Waals surface area contributed by atoms with Gasteiger partial charge >= 0.3 is 0 Å². The van der Waals surface area contributed by atoms with Crippen molar-refractivity contribution >= 4 is 5.91 Å². The molecule has 1 aliphatic rings. The summed E-state index contributed by atoms with van der Waals surface area (Å²) in [7, 11) is 0. The zero-order valence-corrected chi connectivity index (χ0v) is 14.5. The average molecular weight is 327 g/mol. The molecule has 128 valence electrons. The Labute approximate surface area is 143 Å². The predicted molar refractivity (Wildman–Crippen MR) is 92.1 cm³/mol. The Morgan fingerprint density at radius 3 is 2.58 bits per heavy atom. The van der Waals surface area contributed by atoms with E-state index in [0.717, 1.165) is 31.2 Å². The molecule has 0 bridgehead atoms. The lowest BCUT2D eigenvalue weighted by atomic mass is 9.88. The fraction of sp³-hybridized carbons (Fsp3) is 0.526. The lowest BCUT2D eigenvalue weighted by Gasteiger charge is -2.27. The second kappa shape index (κ2) is 7.60. The minimum absolute atomic E-state index is 0.165. The first-order valence-corrected chi connectivity index (χ1v) is 8.85. The zero-order chi connectivity index (χ0) is 16.9. The average Bonchev–Trinajstić information content (AvgIpc) is 3.09. The highest BCUT2D eigenvalue weighted by molar-refractivity contribution is 5.78. The molecule has 2 aromatic rings. The van der Waals surface area contributed by atoms with Crippen LogP contribution in [0.4, 0.5) is 0 Å². The molecule has 1 aliphatic carbocycles. The van der Waals surface area contributed by atoms with Crippen molar-refractivity contribution in [2.24, 2.45) is 5.92 Å². The molecular formula is C19H25N3O2. The third-order valence-corrected chi connectivity index (χ3v) is 4.75. The van der Waals surface area contributed by atoms with Gasteiger partial charge in [0.25, 0.3) is 0 Å². The molecule has 0 unspecified atom stereocenters. The monoisotopic (exact) mass is 327 g/mol. The molecule has 0 N–H and O–H groups in total. The van der Waals surface area contributed by atoms with Gasteiger partial charge in [0.1, 0.15) is 0 Å². The van der Waals surface area contributed by atoms with E-state index in [1.54, 1.807) is 0 Å². The van der Waals surface area contributed by atoms with Crippen LogP contribution in [0.15, 0.2) is 28.8 Å². The molecule has 5 heteroatoms. The lowest BCUT2D eigenvalue weighted by molar-refractivity contribution is -0.137. The van der Waals surface area contributed by atoms with E-state index in [1.165, 1.54) is 12.0 Å². The summed E-state index contributed by atoms with van der Waals surface area (Å²) in [6.45, 7) is 5.10. The van der Waals surface area contributed by atoms with Gasteiger partial charge in [-0.3, -0.25) is 4.79 Å². The summed E-state index contributed by atoms with van der Waals surface area (Å²) in [6.07, 6.45) is 5.58. The molecule has 5 nitrogen and oxygen atoms in total. The van der Waals surface area contributed by atoms with Gasteiger partial charge in [-0.05, 0) is 26.7 Å². The fourth-order valence-electron chi connectivity index (χ4n) is 3.26. The van der Waals surface area contributed by atoms with Crippen molar-refractivity contribution in [2.45, 2.75) is 52.5 Å². The summed E-state index contributed by atoms with van der Waals surface area (Å²) >= 11 is 0. The smallest absolute Gasteiger partial charge is 0.246 e. The Morgan fingerprint density at radius 1 is 1.21 bits per heavy atom. The first-order chi connectivity index (χ1) is 11.7. The predicted octanol–water partition coefficient (Wildman–Crippen LogP) is 3.97. The normalized spacial score (nSPS) is 15.4.